The summed E-state index contributed by atoms with van der Waals surface area (Å²) in [5, 5.41) is 5.60. The van der Waals surface area contributed by atoms with Gasteiger partial charge in [-0.05, 0) is 91.8 Å². The second-order valence-electron chi connectivity index (χ2n) is 15.0. The van der Waals surface area contributed by atoms with Gasteiger partial charge in [-0.2, -0.15) is 0 Å². The lowest BCUT2D eigenvalue weighted by atomic mass is 9.95. The molecule has 0 atom stereocenters. The van der Waals surface area contributed by atoms with E-state index < -0.39 is 8.07 Å². The van der Waals surface area contributed by atoms with Crippen LogP contribution in [-0.2, 0) is 0 Å². The van der Waals surface area contributed by atoms with Gasteiger partial charge in [0.15, 0.2) is 0 Å². The van der Waals surface area contributed by atoms with Crippen LogP contribution in [0.15, 0.2) is 189 Å². The van der Waals surface area contributed by atoms with E-state index in [0.29, 0.717) is 0 Å². The zero-order chi connectivity index (χ0) is 36.4. The number of hydrogen-bond donors (Lipinski definition) is 0. The molecule has 0 aliphatic carbocycles. The monoisotopic (exact) mass is 708 g/mol. The summed E-state index contributed by atoms with van der Waals surface area (Å²) in [6.07, 6.45) is 8.54. The van der Waals surface area contributed by atoms with Gasteiger partial charge in [0.25, 0.3) is 0 Å². The fourth-order valence-corrected chi connectivity index (χ4v) is 12.0. The molecule has 1 aromatic heterocycles. The maximum absolute atomic E-state index is 4.45. The highest BCUT2D eigenvalue weighted by Gasteiger charge is 2.38. The van der Waals surface area contributed by atoms with Crippen LogP contribution in [0.3, 0.4) is 0 Å². The molecule has 2 aliphatic heterocycles. The zero-order valence-corrected chi connectivity index (χ0v) is 31.6. The molecule has 2 nitrogen and oxygen atoms in total. The van der Waals surface area contributed by atoms with E-state index in [4.69, 9.17) is 0 Å². The maximum Gasteiger partial charge on any atom is 0.113 e. The molecule has 0 saturated carbocycles. The van der Waals surface area contributed by atoms with Crippen LogP contribution in [0.5, 0.6) is 0 Å². The Hall–Kier alpha value is -6.42. The van der Waals surface area contributed by atoms with Gasteiger partial charge in [-0.15, -0.1) is 0 Å². The molecule has 3 heteroatoms. The lowest BCUT2D eigenvalue weighted by molar-refractivity contribution is 1.09. The smallest absolute Gasteiger partial charge is 0.113 e. The van der Waals surface area contributed by atoms with Crippen LogP contribution >= 0.6 is 0 Å². The van der Waals surface area contributed by atoms with Crippen LogP contribution in [0.25, 0.3) is 66.4 Å². The first-order valence-corrected chi connectivity index (χ1v) is 21.8. The molecule has 54 heavy (non-hydrogen) atoms. The molecule has 7 aromatic carbocycles. The standard InChI is InChI=1S/C51H40N2Si/c1-35-16-7-6-14-31-52(39-17-8-4-9-18-39)48-32-36(25-28-41(35)48)37-26-29-43-44-30-27-38(34-50(44)54(2,3)49(43)33-37)42-22-15-24-47-51(42)45-21-12-13-23-46(45)53(47)40-19-10-5-11-20-40/h4-30,32-34H,1,31H2,2-3H3/b14-6-,16-7-. The van der Waals surface area contributed by atoms with Crippen molar-refractivity contribution in [3.05, 3.63) is 194 Å². The fourth-order valence-electron chi connectivity index (χ4n) is 8.86. The Morgan fingerprint density at radius 3 is 1.89 bits per heavy atom. The second kappa shape index (κ2) is 12.6. The summed E-state index contributed by atoms with van der Waals surface area (Å²) >= 11 is 0. The summed E-state index contributed by atoms with van der Waals surface area (Å²) in [6, 6.07) is 58.4. The van der Waals surface area contributed by atoms with Crippen molar-refractivity contribution in [3.8, 4) is 39.1 Å². The van der Waals surface area contributed by atoms with Crippen LogP contribution < -0.4 is 15.3 Å². The molecule has 8 aromatic rings. The third kappa shape index (κ3) is 5.08. The van der Waals surface area contributed by atoms with Gasteiger partial charge in [-0.1, -0.05) is 159 Å². The first-order chi connectivity index (χ1) is 26.5. The molecule has 0 radical (unpaired) electrons. The molecular weight excluding hydrogens is 669 g/mol. The minimum atomic E-state index is -2.05. The summed E-state index contributed by atoms with van der Waals surface area (Å²) in [4.78, 5) is 2.40. The zero-order valence-electron chi connectivity index (χ0n) is 30.6. The SMILES string of the molecule is C=C1/C=C\C=C/CN(c2ccccc2)c2cc(-c3ccc4c(c3)[Si](C)(C)c3cc(-c5cccc6c5c5ccccc5n6-c5ccccc5)ccc3-4)ccc21. The molecule has 3 heterocycles. The molecule has 0 N–H and O–H groups in total. The fraction of sp³-hybridized carbons (Fsp3) is 0.0588. The predicted octanol–water partition coefficient (Wildman–Crippen LogP) is 12.2. The number of aromatic nitrogens is 1. The Kier molecular flexibility index (Phi) is 7.53. The van der Waals surface area contributed by atoms with Crippen molar-refractivity contribution in [2.24, 2.45) is 0 Å². The average Bonchev–Trinajstić information content (AvgIpc) is 3.70. The number of nitrogens with zero attached hydrogens (tertiary/aromatic N) is 2. The van der Waals surface area contributed by atoms with Crippen molar-refractivity contribution in [3.63, 3.8) is 0 Å². The van der Waals surface area contributed by atoms with E-state index in [0.717, 1.165) is 17.7 Å². The molecule has 258 valence electrons. The van der Waals surface area contributed by atoms with Crippen LogP contribution in [0.4, 0.5) is 11.4 Å². The predicted molar refractivity (Wildman–Crippen MR) is 235 cm³/mol. The van der Waals surface area contributed by atoms with E-state index in [9.17, 15) is 0 Å². The van der Waals surface area contributed by atoms with Crippen LogP contribution in [-0.4, -0.2) is 19.2 Å². The normalized spacial score (nSPS) is 15.6. The molecule has 0 bridgehead atoms. The van der Waals surface area contributed by atoms with Gasteiger partial charge in [-0.25, -0.2) is 0 Å². The third-order valence-electron chi connectivity index (χ3n) is 11.6. The summed E-state index contributed by atoms with van der Waals surface area (Å²) in [5.41, 5.74) is 16.0. The number of para-hydroxylation sites is 3. The Morgan fingerprint density at radius 2 is 1.13 bits per heavy atom. The van der Waals surface area contributed by atoms with Crippen molar-refractivity contribution < 1.29 is 0 Å². The van der Waals surface area contributed by atoms with Crippen LogP contribution in [0.2, 0.25) is 13.1 Å². The topological polar surface area (TPSA) is 8.17 Å². The van der Waals surface area contributed by atoms with Crippen molar-refractivity contribution in [1.29, 1.82) is 0 Å². The summed E-state index contributed by atoms with van der Waals surface area (Å²) in [5.74, 6) is 0. The summed E-state index contributed by atoms with van der Waals surface area (Å²) in [6.45, 7) is 10.3. The highest BCUT2D eigenvalue weighted by molar-refractivity contribution is 7.03. The van der Waals surface area contributed by atoms with Crippen molar-refractivity contribution in [2.75, 3.05) is 11.4 Å². The lowest BCUT2D eigenvalue weighted by Gasteiger charge is -2.27. The van der Waals surface area contributed by atoms with Gasteiger partial charge in [0.1, 0.15) is 8.07 Å². The number of anilines is 2. The molecule has 10 rings (SSSR count). The number of hydrogen-bond acceptors (Lipinski definition) is 1. The van der Waals surface area contributed by atoms with Gasteiger partial charge in [0.2, 0.25) is 0 Å². The Morgan fingerprint density at radius 1 is 0.519 bits per heavy atom. The first-order valence-electron chi connectivity index (χ1n) is 18.8. The Labute approximate surface area is 318 Å². The minimum Gasteiger partial charge on any atom is -0.337 e. The van der Waals surface area contributed by atoms with Gasteiger partial charge >= 0.3 is 0 Å². The van der Waals surface area contributed by atoms with Crippen molar-refractivity contribution >= 4 is 57.2 Å². The van der Waals surface area contributed by atoms with Gasteiger partial charge in [0, 0.05) is 39.9 Å². The number of benzene rings is 7. The molecule has 0 unspecified atom stereocenters. The highest BCUT2D eigenvalue weighted by Crippen LogP contribution is 2.41. The molecular formula is C51H40N2Si. The van der Waals surface area contributed by atoms with E-state index in [1.165, 1.54) is 82.6 Å². The van der Waals surface area contributed by atoms with E-state index in [1.807, 2.05) is 0 Å². The number of allylic oxidation sites excluding steroid dienone is 4. The molecule has 0 amide bonds. The van der Waals surface area contributed by atoms with Crippen LogP contribution in [0.1, 0.15) is 5.56 Å². The molecule has 2 aliphatic rings. The molecule has 0 saturated heterocycles. The Bertz CT molecular complexity index is 2840. The number of rotatable bonds is 4. The van der Waals surface area contributed by atoms with Gasteiger partial charge < -0.3 is 9.47 Å². The third-order valence-corrected chi connectivity index (χ3v) is 15.1. The first kappa shape index (κ1) is 32.2. The van der Waals surface area contributed by atoms with Gasteiger partial charge in [0.05, 0.1) is 11.0 Å². The van der Waals surface area contributed by atoms with Crippen LogP contribution in [0, 0.1) is 0 Å². The molecule has 0 fully saturated rings. The lowest BCUT2D eigenvalue weighted by Crippen LogP contribution is -2.49. The van der Waals surface area contributed by atoms with Gasteiger partial charge in [-0.3, -0.25) is 0 Å². The highest BCUT2D eigenvalue weighted by atomic mass is 28.3. The van der Waals surface area contributed by atoms with E-state index in [1.54, 1.807) is 0 Å². The second-order valence-corrected chi connectivity index (χ2v) is 19.4. The van der Waals surface area contributed by atoms with Crippen molar-refractivity contribution in [1.82, 2.24) is 4.57 Å². The minimum absolute atomic E-state index is 0.778. The largest absolute Gasteiger partial charge is 0.337 e. The van der Waals surface area contributed by atoms with E-state index in [2.05, 4.69) is 211 Å². The average molecular weight is 709 g/mol. The summed E-state index contributed by atoms with van der Waals surface area (Å²) < 4.78 is 2.41. The molecule has 0 spiro atoms. The van der Waals surface area contributed by atoms with E-state index in [-0.39, 0.29) is 0 Å². The quantitative estimate of drug-likeness (QED) is 0.165. The number of fused-ring (bicyclic) bond motifs is 7. The van der Waals surface area contributed by atoms with Crippen molar-refractivity contribution in [2.45, 2.75) is 13.1 Å². The maximum atomic E-state index is 4.45. The Balaban J connectivity index is 1.07. The summed E-state index contributed by atoms with van der Waals surface area (Å²) in [7, 11) is -2.05. The van der Waals surface area contributed by atoms with E-state index >= 15 is 0 Å².